The average Bonchev–Trinajstić information content (AvgIpc) is 3.41. The fourth-order valence-electron chi connectivity index (χ4n) is 4.21. The van der Waals surface area contributed by atoms with Gasteiger partial charge in [0.25, 0.3) is 0 Å². The number of phenolic OH excluding ortho intramolecular Hbond substituents is 1. The summed E-state index contributed by atoms with van der Waals surface area (Å²) < 4.78 is 27.6. The molecule has 10 heteroatoms. The van der Waals surface area contributed by atoms with Gasteiger partial charge in [0.15, 0.2) is 6.17 Å². The lowest BCUT2D eigenvalue weighted by Gasteiger charge is -2.32. The van der Waals surface area contributed by atoms with Gasteiger partial charge in [-0.05, 0) is 18.6 Å². The van der Waals surface area contributed by atoms with Crippen molar-refractivity contribution >= 4 is 0 Å². The molecular weight excluding hydrogens is 391 g/mol. The molecule has 0 saturated carbocycles. The number of fused-ring (bicyclic) bond motifs is 2. The Labute approximate surface area is 171 Å². The monoisotopic (exact) mass is 412 g/mol. The van der Waals surface area contributed by atoms with E-state index in [-0.39, 0.29) is 29.9 Å². The summed E-state index contributed by atoms with van der Waals surface area (Å²) in [7, 11) is 1.64. The highest BCUT2D eigenvalue weighted by atomic mass is 19.1. The summed E-state index contributed by atoms with van der Waals surface area (Å²) in [5.74, 6) is 0.0373. The predicted molar refractivity (Wildman–Crippen MR) is 104 cm³/mol. The lowest BCUT2D eigenvalue weighted by Crippen LogP contribution is -2.52. The number of piperidine rings is 1. The van der Waals surface area contributed by atoms with Gasteiger partial charge < -0.3 is 24.5 Å². The molecule has 5 atom stereocenters. The highest BCUT2D eigenvalue weighted by Gasteiger charge is 2.48. The van der Waals surface area contributed by atoms with Crippen LogP contribution in [-0.4, -0.2) is 67.4 Å². The number of phenols is 1. The van der Waals surface area contributed by atoms with Crippen LogP contribution in [-0.2, 0) is 4.74 Å². The molecule has 0 spiro atoms. The number of aromatic hydroxyl groups is 1. The fraction of sp³-hybridized carbons (Fsp3) is 0.400. The van der Waals surface area contributed by atoms with Crippen molar-refractivity contribution in [1.82, 2.24) is 30.0 Å². The summed E-state index contributed by atoms with van der Waals surface area (Å²) in [6, 6.07) is 4.92. The van der Waals surface area contributed by atoms with Gasteiger partial charge in [0.2, 0.25) is 0 Å². The number of methoxy groups -OCH3 is 1. The zero-order valence-electron chi connectivity index (χ0n) is 16.2. The molecule has 2 unspecified atom stereocenters. The second-order valence-electron chi connectivity index (χ2n) is 7.52. The van der Waals surface area contributed by atoms with E-state index in [0.717, 1.165) is 5.69 Å². The second kappa shape index (κ2) is 7.62. The highest BCUT2D eigenvalue weighted by Crippen LogP contribution is 2.33. The summed E-state index contributed by atoms with van der Waals surface area (Å²) in [5.41, 5.74) is 1.63. The molecule has 3 aromatic rings. The number of benzene rings is 1. The van der Waals surface area contributed by atoms with Crippen molar-refractivity contribution < 1.29 is 19.0 Å². The Bertz CT molecular complexity index is 1020. The molecule has 2 aliphatic rings. The van der Waals surface area contributed by atoms with Crippen LogP contribution in [0.3, 0.4) is 0 Å². The number of imidazole rings is 1. The first kappa shape index (κ1) is 18.9. The first-order chi connectivity index (χ1) is 14.6. The van der Waals surface area contributed by atoms with Crippen molar-refractivity contribution in [3.63, 3.8) is 0 Å². The molecule has 0 aliphatic carbocycles. The van der Waals surface area contributed by atoms with Crippen molar-refractivity contribution in [3.8, 4) is 28.7 Å². The van der Waals surface area contributed by atoms with Gasteiger partial charge in [-0.25, -0.2) is 14.4 Å². The molecule has 2 fully saturated rings. The normalized spacial score (nSPS) is 27.9. The van der Waals surface area contributed by atoms with E-state index < -0.39 is 12.3 Å². The molecule has 9 nitrogen and oxygen atoms in total. The first-order valence-electron chi connectivity index (χ1n) is 9.73. The van der Waals surface area contributed by atoms with E-state index >= 15 is 0 Å². The molecule has 4 heterocycles. The minimum atomic E-state index is -1.18. The van der Waals surface area contributed by atoms with Crippen LogP contribution in [0.15, 0.2) is 43.1 Å². The van der Waals surface area contributed by atoms with Gasteiger partial charge in [-0.15, -0.1) is 5.10 Å². The first-order valence-corrected chi connectivity index (χ1v) is 9.73. The molecule has 2 bridgehead atoms. The molecule has 30 heavy (non-hydrogen) atoms. The summed E-state index contributed by atoms with van der Waals surface area (Å²) in [4.78, 5) is 8.16. The summed E-state index contributed by atoms with van der Waals surface area (Å²) in [6.45, 7) is 0. The van der Waals surface area contributed by atoms with Crippen LogP contribution < -0.4 is 10.1 Å². The Morgan fingerprint density at radius 2 is 2.07 bits per heavy atom. The number of alkyl halides is 1. The number of nitrogens with zero attached hydrogens (tertiary/aromatic N) is 5. The molecule has 1 aromatic carbocycles. The fourth-order valence-corrected chi connectivity index (χ4v) is 4.21. The number of rotatable bonds is 5. The summed E-state index contributed by atoms with van der Waals surface area (Å²) >= 11 is 0. The van der Waals surface area contributed by atoms with Crippen LogP contribution in [0.25, 0.3) is 16.9 Å². The Balaban J connectivity index is 1.30. The Hall–Kier alpha value is -3.11. The smallest absolute Gasteiger partial charge is 0.336 e. The second-order valence-corrected chi connectivity index (χ2v) is 7.52. The van der Waals surface area contributed by atoms with E-state index in [4.69, 9.17) is 9.47 Å². The molecule has 0 radical (unpaired) electrons. The lowest BCUT2D eigenvalue weighted by atomic mass is 10.0. The highest BCUT2D eigenvalue weighted by molar-refractivity contribution is 5.67. The Kier molecular flexibility index (Phi) is 4.80. The van der Waals surface area contributed by atoms with Crippen LogP contribution in [0.5, 0.6) is 11.8 Å². The molecule has 2 N–H and O–H groups in total. The van der Waals surface area contributed by atoms with E-state index in [9.17, 15) is 9.50 Å². The van der Waals surface area contributed by atoms with Crippen LogP contribution in [0.4, 0.5) is 4.39 Å². The van der Waals surface area contributed by atoms with Crippen molar-refractivity contribution in [1.29, 1.82) is 0 Å². The number of ether oxygens (including phenoxy) is 2. The maximum absolute atomic E-state index is 14.7. The summed E-state index contributed by atoms with van der Waals surface area (Å²) in [6.07, 6.45) is 5.77. The quantitative estimate of drug-likeness (QED) is 0.652. The molecule has 2 aromatic heterocycles. The number of hydrogen-bond donors (Lipinski definition) is 2. The predicted octanol–water partition coefficient (Wildman–Crippen LogP) is 1.66. The topological polar surface area (TPSA) is 107 Å². The number of halogens is 1. The number of nitrogens with one attached hydrogen (secondary N) is 1. The van der Waals surface area contributed by atoms with Crippen molar-refractivity contribution in [2.24, 2.45) is 0 Å². The minimum Gasteiger partial charge on any atom is -0.507 e. The van der Waals surface area contributed by atoms with Gasteiger partial charge in [0, 0.05) is 49.6 Å². The van der Waals surface area contributed by atoms with Gasteiger partial charge >= 0.3 is 6.01 Å². The molecule has 0 amide bonds. The third-order valence-electron chi connectivity index (χ3n) is 5.75. The minimum absolute atomic E-state index is 0.0104. The van der Waals surface area contributed by atoms with Crippen molar-refractivity contribution in [3.05, 3.63) is 43.1 Å². The summed E-state index contributed by atoms with van der Waals surface area (Å²) in [5, 5.41) is 21.7. The van der Waals surface area contributed by atoms with Crippen LogP contribution in [0.1, 0.15) is 12.8 Å². The standard InChI is InChI=1S/C20H21FN6O3/c1-29-17-8-14-19(21)18(7-13(17)24-14)30-20-23-9-15(25-26-20)12-3-2-11(6-16(12)28)27-5-4-22-10-27/h2-6,9-10,13-14,17-19,24,28H,7-8H2,1H3/t13?,14?,17-,18-,19-/m1/s1. The van der Waals surface area contributed by atoms with Gasteiger partial charge in [-0.3, -0.25) is 0 Å². The maximum Gasteiger partial charge on any atom is 0.336 e. The van der Waals surface area contributed by atoms with Gasteiger partial charge in [0.1, 0.15) is 17.5 Å². The van der Waals surface area contributed by atoms with Gasteiger partial charge in [-0.1, -0.05) is 5.10 Å². The number of aromatic nitrogens is 5. The maximum atomic E-state index is 14.7. The van der Waals surface area contributed by atoms with E-state index in [1.54, 1.807) is 42.5 Å². The van der Waals surface area contributed by atoms with Crippen LogP contribution >= 0.6 is 0 Å². The Morgan fingerprint density at radius 3 is 2.77 bits per heavy atom. The third-order valence-corrected chi connectivity index (χ3v) is 5.75. The van der Waals surface area contributed by atoms with Crippen molar-refractivity contribution in [2.45, 2.75) is 43.3 Å². The largest absolute Gasteiger partial charge is 0.507 e. The van der Waals surface area contributed by atoms with E-state index in [1.165, 1.54) is 6.20 Å². The van der Waals surface area contributed by atoms with Gasteiger partial charge in [0.05, 0.1) is 24.3 Å². The zero-order valence-corrected chi connectivity index (χ0v) is 16.2. The third kappa shape index (κ3) is 3.37. The molecule has 5 rings (SSSR count). The van der Waals surface area contributed by atoms with Crippen molar-refractivity contribution in [2.75, 3.05) is 7.11 Å². The molecule has 156 valence electrons. The molecule has 2 saturated heterocycles. The average molecular weight is 412 g/mol. The zero-order chi connectivity index (χ0) is 20.7. The van der Waals surface area contributed by atoms with Gasteiger partial charge in [-0.2, -0.15) is 0 Å². The van der Waals surface area contributed by atoms with E-state index in [1.807, 2.05) is 6.07 Å². The van der Waals surface area contributed by atoms with E-state index in [0.29, 0.717) is 24.1 Å². The molecule has 2 aliphatic heterocycles. The van der Waals surface area contributed by atoms with E-state index in [2.05, 4.69) is 25.5 Å². The van der Waals surface area contributed by atoms with Crippen LogP contribution in [0.2, 0.25) is 0 Å². The number of hydrogen-bond acceptors (Lipinski definition) is 8. The van der Waals surface area contributed by atoms with Crippen LogP contribution in [0, 0.1) is 0 Å². The SMILES string of the molecule is CO[C@@H]1CC2NC1C[C@@H](Oc1ncc(-c3ccc(-n4ccnc4)cc3O)nn1)[C@@H]2F. The molecular formula is C20H21FN6O3. The Morgan fingerprint density at radius 1 is 1.20 bits per heavy atom. The lowest BCUT2D eigenvalue weighted by molar-refractivity contribution is 0.0289.